The predicted octanol–water partition coefficient (Wildman–Crippen LogP) is 4.35. The van der Waals surface area contributed by atoms with Crippen LogP contribution in [0.5, 0.6) is 0 Å². The van der Waals surface area contributed by atoms with Crippen molar-refractivity contribution in [2.45, 2.75) is 24.3 Å². The summed E-state index contributed by atoms with van der Waals surface area (Å²) in [6.45, 7) is 5.98. The molecule has 1 saturated heterocycles. The van der Waals surface area contributed by atoms with E-state index in [1.165, 1.54) is 0 Å². The van der Waals surface area contributed by atoms with Crippen molar-refractivity contribution in [1.29, 1.82) is 0 Å². The van der Waals surface area contributed by atoms with Gasteiger partial charge in [0.1, 0.15) is 0 Å². The molecule has 3 aromatic rings. The second-order valence-corrected chi connectivity index (χ2v) is 8.39. The van der Waals surface area contributed by atoms with Crippen molar-refractivity contribution in [3.63, 3.8) is 0 Å². The second-order valence-electron chi connectivity index (χ2n) is 6.51. The number of aromatic nitrogens is 1. The summed E-state index contributed by atoms with van der Waals surface area (Å²) in [6, 6.07) is 14.2. The number of rotatable bonds is 1. The molecule has 1 fully saturated rings. The Bertz CT molecular complexity index is 914. The van der Waals surface area contributed by atoms with Crippen LogP contribution in [-0.4, -0.2) is 39.4 Å². The summed E-state index contributed by atoms with van der Waals surface area (Å²) in [4.78, 5) is 19.7. The summed E-state index contributed by atoms with van der Waals surface area (Å²) in [6.07, 6.45) is 1.77. The first-order valence-corrected chi connectivity index (χ1v) is 9.29. The largest absolute Gasteiger partial charge is 0.336 e. The molecule has 0 bridgehead atoms. The predicted molar refractivity (Wildman–Crippen MR) is 102 cm³/mol. The van der Waals surface area contributed by atoms with Gasteiger partial charge in [-0.15, -0.1) is 0 Å². The van der Waals surface area contributed by atoms with Crippen molar-refractivity contribution in [2.75, 3.05) is 13.1 Å². The van der Waals surface area contributed by atoms with E-state index in [1.807, 2.05) is 40.9 Å². The molecule has 1 aliphatic rings. The molecule has 3 nitrogen and oxygen atoms in total. The fourth-order valence-corrected chi connectivity index (χ4v) is 4.93. The van der Waals surface area contributed by atoms with Gasteiger partial charge in [0.15, 0.2) is 0 Å². The normalized spacial score (nSPS) is 21.3. The smallest absolute Gasteiger partial charge is 0.256 e. The molecule has 0 unspecified atom stereocenters. The fraction of sp³-hybridized carbons (Fsp3) is 0.300. The second kappa shape index (κ2) is 6.10. The van der Waals surface area contributed by atoms with Gasteiger partial charge in [-0.2, -0.15) is 11.8 Å². The highest BCUT2D eigenvalue weighted by Gasteiger charge is 2.28. The zero-order chi connectivity index (χ0) is 16.7. The molecular weight excluding hydrogens is 316 g/mol. The number of nitrogens with zero attached hydrogens (tertiary/aromatic N) is 2. The summed E-state index contributed by atoms with van der Waals surface area (Å²) in [5, 5.41) is 4.23. The number of carbonyl (C=O) groups is 1. The first kappa shape index (κ1) is 15.5. The van der Waals surface area contributed by atoms with Crippen molar-refractivity contribution in [3.05, 3.63) is 54.2 Å². The lowest BCUT2D eigenvalue weighted by Gasteiger charge is -2.34. The molecule has 1 amide bonds. The Labute approximate surface area is 146 Å². The van der Waals surface area contributed by atoms with Gasteiger partial charge in [-0.05, 0) is 22.9 Å². The van der Waals surface area contributed by atoms with Crippen molar-refractivity contribution in [3.8, 4) is 0 Å². The van der Waals surface area contributed by atoms with E-state index in [0.29, 0.717) is 10.5 Å². The van der Waals surface area contributed by atoms with Crippen LogP contribution in [0.15, 0.2) is 48.7 Å². The number of amides is 1. The highest BCUT2D eigenvalue weighted by molar-refractivity contribution is 8.00. The van der Waals surface area contributed by atoms with Crippen LogP contribution < -0.4 is 0 Å². The zero-order valence-electron chi connectivity index (χ0n) is 13.9. The van der Waals surface area contributed by atoms with Gasteiger partial charge < -0.3 is 4.90 Å². The lowest BCUT2D eigenvalue weighted by atomic mass is 10.00. The molecule has 0 saturated carbocycles. The van der Waals surface area contributed by atoms with E-state index < -0.39 is 0 Å². The Morgan fingerprint density at radius 1 is 1.08 bits per heavy atom. The van der Waals surface area contributed by atoms with Crippen LogP contribution in [0.1, 0.15) is 24.2 Å². The molecular formula is C20H20N2OS. The Morgan fingerprint density at radius 3 is 2.58 bits per heavy atom. The number of thioether (sulfide) groups is 1. The summed E-state index contributed by atoms with van der Waals surface area (Å²) >= 11 is 1.95. The van der Waals surface area contributed by atoms with E-state index in [1.54, 1.807) is 6.20 Å². The average Bonchev–Trinajstić information content (AvgIpc) is 2.59. The standard InChI is InChI=1S/C20H20N2OS/c1-13-11-22(12-14(2)24-13)20(23)18-10-15-6-3-4-7-16(15)17-8-5-9-21-19(17)18/h3-10,13-14H,11-12H2,1-2H3/t13-,14+. The number of hydrogen-bond donors (Lipinski definition) is 0. The SMILES string of the molecule is C[C@@H]1CN(C(=O)c2cc3ccccc3c3cccnc23)C[C@H](C)S1. The Balaban J connectivity index is 1.87. The van der Waals surface area contributed by atoms with Crippen molar-refractivity contribution in [1.82, 2.24) is 9.88 Å². The van der Waals surface area contributed by atoms with Gasteiger partial charge in [-0.25, -0.2) is 0 Å². The highest BCUT2D eigenvalue weighted by atomic mass is 32.2. The van der Waals surface area contributed by atoms with E-state index in [0.717, 1.165) is 40.3 Å². The van der Waals surface area contributed by atoms with E-state index in [2.05, 4.69) is 37.0 Å². The van der Waals surface area contributed by atoms with E-state index >= 15 is 0 Å². The van der Waals surface area contributed by atoms with Crippen LogP contribution >= 0.6 is 11.8 Å². The molecule has 122 valence electrons. The molecule has 0 aliphatic carbocycles. The highest BCUT2D eigenvalue weighted by Crippen LogP contribution is 2.30. The van der Waals surface area contributed by atoms with Gasteiger partial charge in [0.05, 0.1) is 11.1 Å². The summed E-state index contributed by atoms with van der Waals surface area (Å²) in [5.41, 5.74) is 1.52. The maximum Gasteiger partial charge on any atom is 0.256 e. The first-order valence-electron chi connectivity index (χ1n) is 8.34. The molecule has 2 heterocycles. The van der Waals surface area contributed by atoms with Gasteiger partial charge in [0.2, 0.25) is 0 Å². The van der Waals surface area contributed by atoms with Gasteiger partial charge in [0, 0.05) is 35.2 Å². The molecule has 24 heavy (non-hydrogen) atoms. The minimum atomic E-state index is 0.100. The zero-order valence-corrected chi connectivity index (χ0v) is 14.7. The molecule has 0 radical (unpaired) electrons. The van der Waals surface area contributed by atoms with Gasteiger partial charge in [-0.3, -0.25) is 9.78 Å². The third kappa shape index (κ3) is 2.65. The van der Waals surface area contributed by atoms with Crippen molar-refractivity contribution >= 4 is 39.3 Å². The van der Waals surface area contributed by atoms with Gasteiger partial charge in [0.25, 0.3) is 5.91 Å². The van der Waals surface area contributed by atoms with E-state index in [4.69, 9.17) is 0 Å². The maximum atomic E-state index is 13.2. The summed E-state index contributed by atoms with van der Waals surface area (Å²) in [5.74, 6) is 0.100. The number of hydrogen-bond acceptors (Lipinski definition) is 3. The summed E-state index contributed by atoms with van der Waals surface area (Å²) < 4.78 is 0. The number of pyridine rings is 1. The van der Waals surface area contributed by atoms with Crippen molar-refractivity contribution in [2.24, 2.45) is 0 Å². The minimum Gasteiger partial charge on any atom is -0.336 e. The third-order valence-electron chi connectivity index (χ3n) is 4.55. The lowest BCUT2D eigenvalue weighted by Crippen LogP contribution is -2.44. The maximum absolute atomic E-state index is 13.2. The molecule has 1 aromatic heterocycles. The number of carbonyl (C=O) groups excluding carboxylic acids is 1. The molecule has 2 aromatic carbocycles. The molecule has 0 spiro atoms. The van der Waals surface area contributed by atoms with Crippen molar-refractivity contribution < 1.29 is 4.79 Å². The molecule has 1 aliphatic heterocycles. The van der Waals surface area contributed by atoms with Crippen LogP contribution in [0.3, 0.4) is 0 Å². The Morgan fingerprint density at radius 2 is 1.79 bits per heavy atom. The lowest BCUT2D eigenvalue weighted by molar-refractivity contribution is 0.0755. The number of fused-ring (bicyclic) bond motifs is 3. The monoisotopic (exact) mass is 336 g/mol. The van der Waals surface area contributed by atoms with Crippen LogP contribution in [0.2, 0.25) is 0 Å². The molecule has 4 rings (SSSR count). The van der Waals surface area contributed by atoms with Crippen LogP contribution in [0.25, 0.3) is 21.7 Å². The first-order chi connectivity index (χ1) is 11.6. The number of benzene rings is 2. The van der Waals surface area contributed by atoms with Gasteiger partial charge in [-0.1, -0.05) is 44.2 Å². The fourth-order valence-electron chi connectivity index (χ4n) is 3.61. The Kier molecular flexibility index (Phi) is 3.93. The van der Waals surface area contributed by atoms with Crippen LogP contribution in [0, 0.1) is 0 Å². The summed E-state index contributed by atoms with van der Waals surface area (Å²) in [7, 11) is 0. The Hall–Kier alpha value is -2.07. The molecule has 0 N–H and O–H groups in total. The molecule has 4 heteroatoms. The topological polar surface area (TPSA) is 33.2 Å². The minimum absolute atomic E-state index is 0.100. The average molecular weight is 336 g/mol. The third-order valence-corrected chi connectivity index (χ3v) is 5.78. The molecule has 2 atom stereocenters. The van der Waals surface area contributed by atoms with Gasteiger partial charge >= 0.3 is 0 Å². The quantitative estimate of drug-likeness (QED) is 0.619. The van der Waals surface area contributed by atoms with Crippen LogP contribution in [-0.2, 0) is 0 Å². The van der Waals surface area contributed by atoms with E-state index in [-0.39, 0.29) is 5.91 Å². The van der Waals surface area contributed by atoms with E-state index in [9.17, 15) is 4.79 Å². The van der Waals surface area contributed by atoms with Crippen LogP contribution in [0.4, 0.5) is 0 Å².